The molecular formula is C7H15N2O2-. The van der Waals surface area contributed by atoms with E-state index in [9.17, 15) is 5.21 Å². The Balaban J connectivity index is 4.22. The fourth-order valence-electron chi connectivity index (χ4n) is 0.642. The second-order valence-corrected chi connectivity index (χ2v) is 2.59. The van der Waals surface area contributed by atoms with E-state index in [-0.39, 0.29) is 5.88 Å². The minimum Gasteiger partial charge on any atom is -0.783 e. The van der Waals surface area contributed by atoms with E-state index in [2.05, 4.69) is 6.58 Å². The van der Waals surface area contributed by atoms with Gasteiger partial charge in [-0.2, -0.15) is 0 Å². The summed E-state index contributed by atoms with van der Waals surface area (Å²) in [5, 5.41) is 11.7. The molecule has 1 unspecified atom stereocenters. The third kappa shape index (κ3) is 2.78. The molecule has 0 aromatic heterocycles. The molecule has 0 saturated heterocycles. The first-order valence-corrected chi connectivity index (χ1v) is 3.46. The van der Waals surface area contributed by atoms with Crippen molar-refractivity contribution in [3.63, 3.8) is 0 Å². The highest BCUT2D eigenvalue weighted by molar-refractivity contribution is 4.82. The van der Waals surface area contributed by atoms with E-state index < -0.39 is 5.72 Å². The maximum absolute atomic E-state index is 10.9. The van der Waals surface area contributed by atoms with Crippen LogP contribution >= 0.6 is 0 Å². The average Bonchev–Trinajstić information content (AvgIpc) is 1.86. The molecule has 4 nitrogen and oxygen atoms in total. The molecule has 0 aliphatic carbocycles. The first-order valence-electron chi connectivity index (χ1n) is 3.46. The Kier molecular flexibility index (Phi) is 3.35. The van der Waals surface area contributed by atoms with Crippen molar-refractivity contribution in [1.29, 1.82) is 0 Å². The number of ether oxygens (including phenoxy) is 1. The molecule has 0 aliphatic rings. The van der Waals surface area contributed by atoms with Gasteiger partial charge in [0.05, 0.1) is 0 Å². The van der Waals surface area contributed by atoms with Crippen LogP contribution in [0.5, 0.6) is 0 Å². The topological polar surface area (TPSA) is 61.5 Å². The van der Waals surface area contributed by atoms with Gasteiger partial charge >= 0.3 is 0 Å². The predicted molar refractivity (Wildman–Crippen MR) is 44.2 cm³/mol. The molecule has 66 valence electrons. The first-order chi connectivity index (χ1) is 4.92. The van der Waals surface area contributed by atoms with Gasteiger partial charge < -0.3 is 20.7 Å². The Morgan fingerprint density at radius 1 is 1.82 bits per heavy atom. The number of nitrogens with zero attached hydrogens (tertiary/aromatic N) is 1. The zero-order chi connectivity index (χ0) is 9.07. The Morgan fingerprint density at radius 2 is 2.27 bits per heavy atom. The van der Waals surface area contributed by atoms with E-state index in [0.717, 1.165) is 5.06 Å². The molecule has 0 aliphatic heterocycles. The lowest BCUT2D eigenvalue weighted by molar-refractivity contribution is -0.0823. The van der Waals surface area contributed by atoms with Crippen LogP contribution in [0.4, 0.5) is 0 Å². The average molecular weight is 159 g/mol. The molecule has 0 bridgehead atoms. The second-order valence-electron chi connectivity index (χ2n) is 2.59. The van der Waals surface area contributed by atoms with E-state index in [1.807, 2.05) is 6.92 Å². The van der Waals surface area contributed by atoms with Gasteiger partial charge in [0.15, 0.2) is 11.6 Å². The number of hydrogen-bond donors (Lipinski definition) is 1. The molecule has 1 atom stereocenters. The normalized spacial score (nSPS) is 16.1. The Hall–Kier alpha value is -0.740. The first kappa shape index (κ1) is 10.3. The third-order valence-electron chi connectivity index (χ3n) is 1.67. The lowest BCUT2D eigenvalue weighted by Gasteiger charge is -2.42. The lowest BCUT2D eigenvalue weighted by atomic mass is 10.2. The van der Waals surface area contributed by atoms with Gasteiger partial charge in [0, 0.05) is 0 Å². The van der Waals surface area contributed by atoms with E-state index in [1.165, 1.54) is 7.05 Å². The minimum atomic E-state index is -0.883. The Morgan fingerprint density at radius 3 is 2.36 bits per heavy atom. The zero-order valence-electron chi connectivity index (χ0n) is 7.26. The van der Waals surface area contributed by atoms with Gasteiger partial charge in [-0.05, 0) is 27.0 Å². The van der Waals surface area contributed by atoms with Crippen LogP contribution in [0.2, 0.25) is 0 Å². The largest absolute Gasteiger partial charge is 0.783 e. The van der Waals surface area contributed by atoms with Gasteiger partial charge in [0.25, 0.3) is 0 Å². The van der Waals surface area contributed by atoms with Gasteiger partial charge in [-0.15, -0.1) is 0 Å². The van der Waals surface area contributed by atoms with Crippen molar-refractivity contribution in [3.05, 3.63) is 17.7 Å². The van der Waals surface area contributed by atoms with Crippen LogP contribution in [0, 0.1) is 5.21 Å². The molecule has 11 heavy (non-hydrogen) atoms. The van der Waals surface area contributed by atoms with Crippen LogP contribution in [-0.2, 0) is 4.74 Å². The summed E-state index contributed by atoms with van der Waals surface area (Å²) in [7, 11) is 1.40. The van der Waals surface area contributed by atoms with Crippen molar-refractivity contribution in [2.45, 2.75) is 26.0 Å². The molecule has 0 fully saturated rings. The highest BCUT2D eigenvalue weighted by Gasteiger charge is 2.23. The molecule has 0 heterocycles. The molecule has 0 radical (unpaired) electrons. The van der Waals surface area contributed by atoms with E-state index >= 15 is 0 Å². The van der Waals surface area contributed by atoms with E-state index in [1.54, 1.807) is 6.92 Å². The van der Waals surface area contributed by atoms with Gasteiger partial charge in [0.2, 0.25) is 0 Å². The Labute approximate surface area is 67.2 Å². The van der Waals surface area contributed by atoms with Crippen LogP contribution in [-0.4, -0.2) is 17.8 Å². The number of nitrogens with two attached hydrogens (primary N) is 1. The molecule has 0 amide bonds. The lowest BCUT2D eigenvalue weighted by Crippen LogP contribution is -2.42. The summed E-state index contributed by atoms with van der Waals surface area (Å²) >= 11 is 0. The molecule has 0 spiro atoms. The molecule has 0 rings (SSSR count). The summed E-state index contributed by atoms with van der Waals surface area (Å²) < 4.78 is 5.05. The summed E-state index contributed by atoms with van der Waals surface area (Å²) in [4.78, 5) is 0. The number of hydrogen-bond acceptors (Lipinski definition) is 4. The van der Waals surface area contributed by atoms with Gasteiger partial charge in [-0.3, -0.25) is 0 Å². The molecule has 2 N–H and O–H groups in total. The molecule has 0 aromatic rings. The summed E-state index contributed by atoms with van der Waals surface area (Å²) in [6, 6.07) is 0. The summed E-state index contributed by atoms with van der Waals surface area (Å²) in [5.41, 5.74) is 4.33. The fourth-order valence-corrected chi connectivity index (χ4v) is 0.642. The van der Waals surface area contributed by atoms with Gasteiger partial charge in [0.1, 0.15) is 0 Å². The van der Waals surface area contributed by atoms with Crippen molar-refractivity contribution in [2.24, 2.45) is 5.73 Å². The van der Waals surface area contributed by atoms with Crippen LogP contribution < -0.4 is 5.73 Å². The Bertz CT molecular complexity index is 147. The van der Waals surface area contributed by atoms with Crippen LogP contribution in [0.1, 0.15) is 20.3 Å². The minimum absolute atomic E-state index is 0.0667. The number of rotatable bonds is 4. The highest BCUT2D eigenvalue weighted by atomic mass is 16.6. The second kappa shape index (κ2) is 3.59. The van der Waals surface area contributed by atoms with Crippen molar-refractivity contribution < 1.29 is 4.74 Å². The molecule has 0 aromatic carbocycles. The van der Waals surface area contributed by atoms with Gasteiger partial charge in [-0.1, -0.05) is 6.92 Å². The summed E-state index contributed by atoms with van der Waals surface area (Å²) in [6.45, 7) is 6.87. The summed E-state index contributed by atoms with van der Waals surface area (Å²) in [6.07, 6.45) is 0.559. The van der Waals surface area contributed by atoms with Crippen molar-refractivity contribution in [1.82, 2.24) is 5.06 Å². The maximum atomic E-state index is 10.9. The SMILES string of the molecule is C=C(N)OC(C)(CC)N(C)[O-]. The molecule has 0 saturated carbocycles. The number of hydroxylamine groups is 2. The van der Waals surface area contributed by atoms with Crippen LogP contribution in [0.15, 0.2) is 12.5 Å². The van der Waals surface area contributed by atoms with Crippen molar-refractivity contribution in [3.8, 4) is 0 Å². The smallest absolute Gasteiger partial charge is 0.179 e. The third-order valence-corrected chi connectivity index (χ3v) is 1.67. The van der Waals surface area contributed by atoms with Crippen LogP contribution in [0.25, 0.3) is 0 Å². The fraction of sp³-hybridized carbons (Fsp3) is 0.714. The quantitative estimate of drug-likeness (QED) is 0.377. The predicted octanol–water partition coefficient (Wildman–Crippen LogP) is 0.989. The maximum Gasteiger partial charge on any atom is 0.179 e. The van der Waals surface area contributed by atoms with Crippen molar-refractivity contribution in [2.75, 3.05) is 7.05 Å². The zero-order valence-corrected chi connectivity index (χ0v) is 7.26. The summed E-state index contributed by atoms with van der Waals surface area (Å²) in [5.74, 6) is 0.0667. The standard InChI is InChI=1S/C7H15N2O2/c1-5-7(3,9(4)10)11-6(2)8/h2,5,8H2,1,3-4H3/q-1. The van der Waals surface area contributed by atoms with Crippen molar-refractivity contribution >= 4 is 0 Å². The van der Waals surface area contributed by atoms with Gasteiger partial charge in [-0.25, -0.2) is 0 Å². The van der Waals surface area contributed by atoms with Crippen LogP contribution in [0.3, 0.4) is 0 Å². The highest BCUT2D eigenvalue weighted by Crippen LogP contribution is 2.19. The van der Waals surface area contributed by atoms with E-state index in [0.29, 0.717) is 6.42 Å². The van der Waals surface area contributed by atoms with E-state index in [4.69, 9.17) is 10.5 Å². The molecule has 4 heteroatoms. The molecular weight excluding hydrogens is 144 g/mol. The monoisotopic (exact) mass is 159 g/mol.